The van der Waals surface area contributed by atoms with E-state index in [9.17, 15) is 4.79 Å². The fraction of sp³-hybridized carbons (Fsp3) is 0.533. The Morgan fingerprint density at radius 2 is 2.10 bits per heavy atom. The van der Waals surface area contributed by atoms with Crippen molar-refractivity contribution >= 4 is 11.6 Å². The number of hydrogen-bond donors (Lipinski definition) is 0. The van der Waals surface area contributed by atoms with E-state index in [1.165, 1.54) is 7.11 Å². The highest BCUT2D eigenvalue weighted by atomic mass is 16.5. The average molecular weight is 273 g/mol. The Kier molecular flexibility index (Phi) is 3.42. The molecular weight excluding hydrogens is 254 g/mol. The molecule has 2 aromatic rings. The third-order valence-electron chi connectivity index (χ3n) is 4.24. The van der Waals surface area contributed by atoms with Gasteiger partial charge in [0.15, 0.2) is 5.65 Å². The number of methoxy groups -OCH3 is 1. The monoisotopic (exact) mass is 273 g/mol. The highest BCUT2D eigenvalue weighted by Crippen LogP contribution is 2.35. The van der Waals surface area contributed by atoms with E-state index in [2.05, 4.69) is 11.2 Å². The van der Waals surface area contributed by atoms with Crippen LogP contribution in [0.5, 0.6) is 0 Å². The van der Waals surface area contributed by atoms with E-state index in [1.807, 2.05) is 17.5 Å². The Bertz CT molecular complexity index is 627. The predicted octanol–water partition coefficient (Wildman–Crippen LogP) is 2.48. The molecule has 1 fully saturated rings. The van der Waals surface area contributed by atoms with Crippen LogP contribution in [-0.2, 0) is 9.53 Å². The van der Waals surface area contributed by atoms with Crippen molar-refractivity contribution < 1.29 is 9.53 Å². The SMILES string of the molecule is COC(=O)C1CCC(c2cc(C)n3nccc3n2)CC1. The van der Waals surface area contributed by atoms with Gasteiger partial charge in [-0.2, -0.15) is 5.10 Å². The second kappa shape index (κ2) is 5.23. The van der Waals surface area contributed by atoms with Gasteiger partial charge in [-0.15, -0.1) is 0 Å². The first-order chi connectivity index (χ1) is 9.69. The number of carbonyl (C=O) groups excluding carboxylic acids is 1. The summed E-state index contributed by atoms with van der Waals surface area (Å²) in [4.78, 5) is 16.2. The minimum absolute atomic E-state index is 0.0658. The lowest BCUT2D eigenvalue weighted by Crippen LogP contribution is -2.22. The topological polar surface area (TPSA) is 56.5 Å². The van der Waals surface area contributed by atoms with Crippen LogP contribution in [0.1, 0.15) is 43.0 Å². The summed E-state index contributed by atoms with van der Waals surface area (Å²) in [6.45, 7) is 2.05. The molecule has 5 heteroatoms. The molecule has 0 saturated heterocycles. The second-order valence-corrected chi connectivity index (χ2v) is 5.50. The molecule has 1 aliphatic rings. The summed E-state index contributed by atoms with van der Waals surface area (Å²) in [5.74, 6) is 0.435. The zero-order chi connectivity index (χ0) is 14.1. The molecule has 106 valence electrons. The first-order valence-electron chi connectivity index (χ1n) is 7.08. The van der Waals surface area contributed by atoms with Crippen molar-refractivity contribution in [2.45, 2.75) is 38.5 Å². The van der Waals surface area contributed by atoms with Crippen LogP contribution in [0.15, 0.2) is 18.3 Å². The van der Waals surface area contributed by atoms with Gasteiger partial charge < -0.3 is 4.74 Å². The van der Waals surface area contributed by atoms with Gasteiger partial charge in [0.05, 0.1) is 19.2 Å². The second-order valence-electron chi connectivity index (χ2n) is 5.50. The third-order valence-corrected chi connectivity index (χ3v) is 4.24. The molecule has 0 spiro atoms. The Labute approximate surface area is 118 Å². The van der Waals surface area contributed by atoms with Crippen molar-refractivity contribution in [3.8, 4) is 0 Å². The molecule has 20 heavy (non-hydrogen) atoms. The molecule has 0 N–H and O–H groups in total. The van der Waals surface area contributed by atoms with Crippen molar-refractivity contribution in [3.63, 3.8) is 0 Å². The summed E-state index contributed by atoms with van der Waals surface area (Å²) in [5, 5.41) is 4.24. The van der Waals surface area contributed by atoms with E-state index >= 15 is 0 Å². The van der Waals surface area contributed by atoms with Crippen molar-refractivity contribution in [2.75, 3.05) is 7.11 Å². The van der Waals surface area contributed by atoms with Gasteiger partial charge in [0.1, 0.15) is 0 Å². The van der Waals surface area contributed by atoms with Crippen LogP contribution in [0, 0.1) is 12.8 Å². The van der Waals surface area contributed by atoms with Gasteiger partial charge in [-0.1, -0.05) is 0 Å². The summed E-state index contributed by atoms with van der Waals surface area (Å²) in [5.41, 5.74) is 3.12. The largest absolute Gasteiger partial charge is 0.469 e. The van der Waals surface area contributed by atoms with Gasteiger partial charge in [0.25, 0.3) is 0 Å². The average Bonchev–Trinajstić information content (AvgIpc) is 2.95. The zero-order valence-corrected chi connectivity index (χ0v) is 11.9. The molecule has 0 unspecified atom stereocenters. The molecule has 1 aliphatic carbocycles. The van der Waals surface area contributed by atoms with Crippen LogP contribution < -0.4 is 0 Å². The van der Waals surface area contributed by atoms with Gasteiger partial charge in [-0.25, -0.2) is 9.50 Å². The Hall–Kier alpha value is -1.91. The van der Waals surface area contributed by atoms with Crippen LogP contribution in [0.2, 0.25) is 0 Å². The summed E-state index contributed by atoms with van der Waals surface area (Å²) in [6, 6.07) is 4.04. The molecule has 0 aliphatic heterocycles. The lowest BCUT2D eigenvalue weighted by Gasteiger charge is -2.26. The maximum atomic E-state index is 11.6. The standard InChI is InChI=1S/C15H19N3O2/c1-10-9-13(17-14-7-8-16-18(10)14)11-3-5-12(6-4-11)15(19)20-2/h7-9,11-12H,3-6H2,1-2H3. The number of fused-ring (bicyclic) bond motifs is 1. The van der Waals surface area contributed by atoms with Crippen LogP contribution >= 0.6 is 0 Å². The highest BCUT2D eigenvalue weighted by molar-refractivity contribution is 5.72. The molecule has 0 amide bonds. The van der Waals surface area contributed by atoms with E-state index in [4.69, 9.17) is 9.72 Å². The lowest BCUT2D eigenvalue weighted by atomic mass is 9.80. The number of esters is 1. The fourth-order valence-corrected chi connectivity index (χ4v) is 3.09. The highest BCUT2D eigenvalue weighted by Gasteiger charge is 2.28. The van der Waals surface area contributed by atoms with E-state index in [-0.39, 0.29) is 11.9 Å². The summed E-state index contributed by atoms with van der Waals surface area (Å²) >= 11 is 0. The Morgan fingerprint density at radius 3 is 2.80 bits per heavy atom. The Morgan fingerprint density at radius 1 is 1.35 bits per heavy atom. The minimum atomic E-state index is -0.0705. The number of aromatic nitrogens is 3. The number of carbonyl (C=O) groups is 1. The van der Waals surface area contributed by atoms with E-state index in [0.717, 1.165) is 42.7 Å². The van der Waals surface area contributed by atoms with E-state index in [0.29, 0.717) is 5.92 Å². The predicted molar refractivity (Wildman–Crippen MR) is 74.4 cm³/mol. The van der Waals surface area contributed by atoms with Gasteiger partial charge in [0, 0.05) is 23.4 Å². The van der Waals surface area contributed by atoms with Crippen molar-refractivity contribution in [1.29, 1.82) is 0 Å². The first-order valence-corrected chi connectivity index (χ1v) is 7.08. The molecule has 0 atom stereocenters. The molecule has 0 aromatic carbocycles. The molecule has 0 bridgehead atoms. The van der Waals surface area contributed by atoms with Gasteiger partial charge in [-0.05, 0) is 38.7 Å². The molecular formula is C15H19N3O2. The summed E-state index contributed by atoms with van der Waals surface area (Å²) in [6.07, 6.45) is 5.55. The van der Waals surface area contributed by atoms with Crippen molar-refractivity contribution in [2.24, 2.45) is 5.92 Å². The maximum absolute atomic E-state index is 11.6. The zero-order valence-electron chi connectivity index (χ0n) is 11.9. The van der Waals surface area contributed by atoms with Gasteiger partial charge in [-0.3, -0.25) is 4.79 Å². The molecule has 2 heterocycles. The molecule has 5 nitrogen and oxygen atoms in total. The minimum Gasteiger partial charge on any atom is -0.469 e. The van der Waals surface area contributed by atoms with Crippen LogP contribution in [0.25, 0.3) is 5.65 Å². The number of aryl methyl sites for hydroxylation is 1. The quantitative estimate of drug-likeness (QED) is 0.789. The van der Waals surface area contributed by atoms with Crippen molar-refractivity contribution in [1.82, 2.24) is 14.6 Å². The first kappa shape index (κ1) is 13.1. The molecule has 1 saturated carbocycles. The van der Waals surface area contributed by atoms with Gasteiger partial charge >= 0.3 is 5.97 Å². The molecule has 2 aromatic heterocycles. The van der Waals surface area contributed by atoms with Gasteiger partial charge in [0.2, 0.25) is 0 Å². The summed E-state index contributed by atoms with van der Waals surface area (Å²) in [7, 11) is 1.47. The van der Waals surface area contributed by atoms with Crippen LogP contribution in [-0.4, -0.2) is 27.7 Å². The molecule has 3 rings (SSSR count). The third kappa shape index (κ3) is 2.28. The normalized spacial score (nSPS) is 22.9. The number of nitrogens with zero attached hydrogens (tertiary/aromatic N) is 3. The smallest absolute Gasteiger partial charge is 0.308 e. The van der Waals surface area contributed by atoms with Crippen molar-refractivity contribution in [3.05, 3.63) is 29.7 Å². The number of rotatable bonds is 2. The van der Waals surface area contributed by atoms with E-state index < -0.39 is 0 Å². The molecule has 0 radical (unpaired) electrons. The summed E-state index contributed by atoms with van der Waals surface area (Å²) < 4.78 is 6.68. The van der Waals surface area contributed by atoms with E-state index in [1.54, 1.807) is 6.20 Å². The Balaban J connectivity index is 1.78. The van der Waals surface area contributed by atoms with Crippen LogP contribution in [0.3, 0.4) is 0 Å². The number of hydrogen-bond acceptors (Lipinski definition) is 4. The maximum Gasteiger partial charge on any atom is 0.308 e. The fourth-order valence-electron chi connectivity index (χ4n) is 3.09. The lowest BCUT2D eigenvalue weighted by molar-refractivity contribution is -0.146. The van der Waals surface area contributed by atoms with Crippen LogP contribution in [0.4, 0.5) is 0 Å². The number of ether oxygens (including phenoxy) is 1.